The lowest BCUT2D eigenvalue weighted by molar-refractivity contribution is 0.281. The molecule has 2 aromatic rings. The first-order valence-electron chi connectivity index (χ1n) is 6.06. The maximum atomic E-state index is 12.0. The van der Waals surface area contributed by atoms with Crippen molar-refractivity contribution >= 4 is 10.0 Å². The summed E-state index contributed by atoms with van der Waals surface area (Å²) < 4.78 is 26.4. The summed E-state index contributed by atoms with van der Waals surface area (Å²) in [4.78, 5) is 7.79. The van der Waals surface area contributed by atoms with Crippen LogP contribution in [0, 0.1) is 0 Å². The number of pyridine rings is 2. The Morgan fingerprint density at radius 3 is 2.60 bits per heavy atom. The molecule has 106 valence electrons. The minimum Gasteiger partial charge on any atom is -0.392 e. The zero-order valence-electron chi connectivity index (χ0n) is 10.7. The SMILES string of the molecule is O=S(=O)(NCCc1cccnc1)c1ccc(CO)cn1. The summed E-state index contributed by atoms with van der Waals surface area (Å²) in [7, 11) is -3.62. The third-order valence-corrected chi connectivity index (χ3v) is 4.06. The third kappa shape index (κ3) is 3.83. The number of aromatic nitrogens is 2. The van der Waals surface area contributed by atoms with E-state index in [1.165, 1.54) is 18.3 Å². The number of rotatable bonds is 6. The molecule has 0 aromatic carbocycles. The zero-order chi connectivity index (χ0) is 14.4. The van der Waals surface area contributed by atoms with E-state index >= 15 is 0 Å². The Kier molecular flexibility index (Phi) is 4.78. The molecule has 0 fully saturated rings. The second kappa shape index (κ2) is 6.56. The van der Waals surface area contributed by atoms with E-state index in [1.807, 2.05) is 6.07 Å². The van der Waals surface area contributed by atoms with Crippen LogP contribution in [0.5, 0.6) is 0 Å². The average molecular weight is 293 g/mol. The second-order valence-electron chi connectivity index (χ2n) is 4.17. The van der Waals surface area contributed by atoms with Gasteiger partial charge in [-0.2, -0.15) is 0 Å². The largest absolute Gasteiger partial charge is 0.392 e. The molecule has 2 heterocycles. The number of sulfonamides is 1. The van der Waals surface area contributed by atoms with Gasteiger partial charge in [-0.05, 0) is 29.7 Å². The predicted molar refractivity (Wildman–Crippen MR) is 73.3 cm³/mol. The van der Waals surface area contributed by atoms with Gasteiger partial charge in [0.05, 0.1) is 6.61 Å². The monoisotopic (exact) mass is 293 g/mol. The number of nitrogens with zero attached hydrogens (tertiary/aromatic N) is 2. The Morgan fingerprint density at radius 1 is 1.15 bits per heavy atom. The van der Waals surface area contributed by atoms with Crippen molar-refractivity contribution in [3.05, 3.63) is 54.0 Å². The van der Waals surface area contributed by atoms with E-state index in [-0.39, 0.29) is 18.2 Å². The minimum absolute atomic E-state index is 0.0547. The predicted octanol–water partition coefficient (Wildman–Crippen LogP) is 0.490. The number of nitrogens with one attached hydrogen (secondary N) is 1. The van der Waals surface area contributed by atoms with Gasteiger partial charge in [-0.3, -0.25) is 4.98 Å². The number of hydrogen-bond donors (Lipinski definition) is 2. The highest BCUT2D eigenvalue weighted by atomic mass is 32.2. The highest BCUT2D eigenvalue weighted by Gasteiger charge is 2.14. The van der Waals surface area contributed by atoms with Crippen LogP contribution in [0.15, 0.2) is 47.9 Å². The fraction of sp³-hybridized carbons (Fsp3) is 0.231. The summed E-state index contributed by atoms with van der Waals surface area (Å²) in [6.45, 7) is 0.110. The fourth-order valence-electron chi connectivity index (χ4n) is 1.61. The fourth-order valence-corrected chi connectivity index (χ4v) is 2.57. The van der Waals surface area contributed by atoms with E-state index < -0.39 is 10.0 Å². The van der Waals surface area contributed by atoms with Crippen molar-refractivity contribution in [1.29, 1.82) is 0 Å². The highest BCUT2D eigenvalue weighted by molar-refractivity contribution is 7.89. The first kappa shape index (κ1) is 14.6. The molecular weight excluding hydrogens is 278 g/mol. The van der Waals surface area contributed by atoms with Crippen LogP contribution in [0.1, 0.15) is 11.1 Å². The van der Waals surface area contributed by atoms with Gasteiger partial charge in [-0.25, -0.2) is 18.1 Å². The van der Waals surface area contributed by atoms with E-state index in [1.54, 1.807) is 18.5 Å². The Labute approximate surface area is 117 Å². The lowest BCUT2D eigenvalue weighted by Crippen LogP contribution is -2.26. The minimum atomic E-state index is -3.62. The topological polar surface area (TPSA) is 92.2 Å². The molecule has 0 atom stereocenters. The Morgan fingerprint density at radius 2 is 2.00 bits per heavy atom. The van der Waals surface area contributed by atoms with Crippen LogP contribution in [0.3, 0.4) is 0 Å². The normalized spacial score (nSPS) is 11.4. The quantitative estimate of drug-likeness (QED) is 0.808. The molecule has 7 heteroatoms. The van der Waals surface area contributed by atoms with Crippen molar-refractivity contribution in [2.75, 3.05) is 6.54 Å². The standard InChI is InChI=1S/C13H15N3O3S/c17-10-12-3-4-13(15-9-12)20(18,19)16-7-5-11-2-1-6-14-8-11/h1-4,6,8-9,16-17H,5,7,10H2. The molecule has 6 nitrogen and oxygen atoms in total. The number of hydrogen-bond acceptors (Lipinski definition) is 5. The van der Waals surface area contributed by atoms with Crippen molar-refractivity contribution < 1.29 is 13.5 Å². The molecule has 0 spiro atoms. The summed E-state index contributed by atoms with van der Waals surface area (Å²) in [6.07, 6.45) is 5.26. The second-order valence-corrected chi connectivity index (χ2v) is 5.89. The Bertz CT molecular complexity index is 642. The maximum Gasteiger partial charge on any atom is 0.258 e. The Hall–Kier alpha value is -1.83. The van der Waals surface area contributed by atoms with Crippen LogP contribution < -0.4 is 4.72 Å². The molecule has 0 aliphatic carbocycles. The molecule has 2 aromatic heterocycles. The Balaban J connectivity index is 1.96. The summed E-state index contributed by atoms with van der Waals surface area (Å²) in [6, 6.07) is 6.59. The van der Waals surface area contributed by atoms with E-state index in [0.29, 0.717) is 12.0 Å². The molecule has 0 amide bonds. The van der Waals surface area contributed by atoms with E-state index in [2.05, 4.69) is 14.7 Å². The van der Waals surface area contributed by atoms with Crippen molar-refractivity contribution in [3.63, 3.8) is 0 Å². The van der Waals surface area contributed by atoms with Crippen LogP contribution in [0.4, 0.5) is 0 Å². The van der Waals surface area contributed by atoms with E-state index in [4.69, 9.17) is 5.11 Å². The molecule has 0 radical (unpaired) electrons. The van der Waals surface area contributed by atoms with Crippen molar-refractivity contribution in [1.82, 2.24) is 14.7 Å². The summed E-state index contributed by atoms with van der Waals surface area (Å²) in [5.41, 5.74) is 1.53. The molecule has 2 N–H and O–H groups in total. The molecule has 0 bridgehead atoms. The molecule has 0 saturated heterocycles. The van der Waals surface area contributed by atoms with Gasteiger partial charge >= 0.3 is 0 Å². The first-order chi connectivity index (χ1) is 9.62. The van der Waals surface area contributed by atoms with Crippen molar-refractivity contribution in [2.45, 2.75) is 18.1 Å². The van der Waals surface area contributed by atoms with Gasteiger partial charge in [-0.15, -0.1) is 0 Å². The van der Waals surface area contributed by atoms with E-state index in [0.717, 1.165) is 5.56 Å². The molecule has 0 unspecified atom stereocenters. The zero-order valence-corrected chi connectivity index (χ0v) is 11.5. The van der Waals surface area contributed by atoms with Crippen LogP contribution in [-0.4, -0.2) is 30.0 Å². The van der Waals surface area contributed by atoms with Crippen LogP contribution in [0.2, 0.25) is 0 Å². The lowest BCUT2D eigenvalue weighted by atomic mass is 10.2. The highest BCUT2D eigenvalue weighted by Crippen LogP contribution is 2.06. The van der Waals surface area contributed by atoms with Crippen molar-refractivity contribution in [3.8, 4) is 0 Å². The van der Waals surface area contributed by atoms with Gasteiger partial charge in [0.2, 0.25) is 0 Å². The molecular formula is C13H15N3O3S. The average Bonchev–Trinajstić information content (AvgIpc) is 2.48. The number of aliphatic hydroxyl groups is 1. The van der Waals surface area contributed by atoms with Crippen LogP contribution in [-0.2, 0) is 23.1 Å². The summed E-state index contributed by atoms with van der Waals surface area (Å²) in [5, 5.41) is 8.83. The molecule has 0 saturated carbocycles. The summed E-state index contributed by atoms with van der Waals surface area (Å²) in [5.74, 6) is 0. The van der Waals surface area contributed by atoms with Crippen LogP contribution in [0.25, 0.3) is 0 Å². The van der Waals surface area contributed by atoms with Crippen LogP contribution >= 0.6 is 0 Å². The molecule has 0 aliphatic rings. The van der Waals surface area contributed by atoms with Gasteiger partial charge in [0.1, 0.15) is 0 Å². The van der Waals surface area contributed by atoms with Gasteiger partial charge in [-0.1, -0.05) is 12.1 Å². The van der Waals surface area contributed by atoms with Gasteiger partial charge in [0.15, 0.2) is 5.03 Å². The maximum absolute atomic E-state index is 12.0. The molecule has 2 rings (SSSR count). The van der Waals surface area contributed by atoms with Gasteiger partial charge in [0, 0.05) is 25.1 Å². The smallest absolute Gasteiger partial charge is 0.258 e. The molecule has 0 aliphatic heterocycles. The van der Waals surface area contributed by atoms with Crippen molar-refractivity contribution in [2.24, 2.45) is 0 Å². The first-order valence-corrected chi connectivity index (χ1v) is 7.54. The summed E-state index contributed by atoms with van der Waals surface area (Å²) >= 11 is 0. The van der Waals surface area contributed by atoms with Gasteiger partial charge in [0.25, 0.3) is 10.0 Å². The molecule has 20 heavy (non-hydrogen) atoms. The lowest BCUT2D eigenvalue weighted by Gasteiger charge is -2.06. The third-order valence-electron chi connectivity index (χ3n) is 2.68. The van der Waals surface area contributed by atoms with E-state index in [9.17, 15) is 8.42 Å². The number of aliphatic hydroxyl groups excluding tert-OH is 1. The van der Waals surface area contributed by atoms with Gasteiger partial charge < -0.3 is 5.11 Å².